The second-order valence-corrected chi connectivity index (χ2v) is 4.19. The first-order valence-electron chi connectivity index (χ1n) is 4.44. The summed E-state index contributed by atoms with van der Waals surface area (Å²) < 4.78 is 14.4. The summed E-state index contributed by atoms with van der Waals surface area (Å²) in [5, 5.41) is 0. The highest BCUT2D eigenvalue weighted by Gasteiger charge is 2.21. The van der Waals surface area contributed by atoms with Gasteiger partial charge < -0.3 is 9.79 Å². The van der Waals surface area contributed by atoms with Crippen molar-refractivity contribution in [1.29, 1.82) is 0 Å². The second kappa shape index (κ2) is 6.06. The average molecular weight is 221 g/mol. The molecule has 0 saturated carbocycles. The molecule has 0 aliphatic heterocycles. The predicted octanol–water partition coefficient (Wildman–Crippen LogP) is 0.666. The van der Waals surface area contributed by atoms with Crippen LogP contribution in [0.1, 0.15) is 27.7 Å². The van der Waals surface area contributed by atoms with Gasteiger partial charge in [0.1, 0.15) is 0 Å². The number of hydrogen-bond acceptors (Lipinski definition) is 4. The monoisotopic (exact) mass is 221 g/mol. The van der Waals surface area contributed by atoms with Gasteiger partial charge >= 0.3 is 8.25 Å². The van der Waals surface area contributed by atoms with Crippen molar-refractivity contribution in [2.75, 3.05) is 6.61 Å². The Kier molecular flexibility index (Phi) is 5.84. The zero-order valence-corrected chi connectivity index (χ0v) is 9.78. The van der Waals surface area contributed by atoms with Crippen molar-refractivity contribution in [3.8, 4) is 0 Å². The normalized spacial score (nSPS) is 12.1. The zero-order valence-electron chi connectivity index (χ0n) is 8.89. The summed E-state index contributed by atoms with van der Waals surface area (Å²) >= 11 is 0. The molecule has 0 radical (unpaired) electrons. The Bertz CT molecular complexity index is 209. The van der Waals surface area contributed by atoms with Crippen molar-refractivity contribution < 1.29 is 18.8 Å². The lowest BCUT2D eigenvalue weighted by Gasteiger charge is -2.29. The lowest BCUT2D eigenvalue weighted by Crippen LogP contribution is -2.43. The first kappa shape index (κ1) is 13.5. The highest BCUT2D eigenvalue weighted by atomic mass is 31.1. The number of hydrogen-bond donors (Lipinski definition) is 0. The van der Waals surface area contributed by atoms with Gasteiger partial charge in [0.25, 0.3) is 5.91 Å². The van der Waals surface area contributed by atoms with Gasteiger partial charge in [0.05, 0.1) is 0 Å². The summed E-state index contributed by atoms with van der Waals surface area (Å²) in [4.78, 5) is 23.2. The van der Waals surface area contributed by atoms with Crippen LogP contribution in [-0.4, -0.2) is 29.5 Å². The van der Waals surface area contributed by atoms with E-state index in [2.05, 4.69) is 4.52 Å². The Hall–Kier alpha value is -0.510. The van der Waals surface area contributed by atoms with E-state index in [1.807, 2.05) is 27.7 Å². The molecule has 0 aromatic carbocycles. The smallest absolute Gasteiger partial charge is 0.488 e. The number of carbonyl (C=O) groups is 1. The maximum absolute atomic E-state index is 11.5. The Labute approximate surface area is 85.0 Å². The molecule has 1 amide bonds. The van der Waals surface area contributed by atoms with Crippen molar-refractivity contribution in [3.63, 3.8) is 0 Å². The van der Waals surface area contributed by atoms with Gasteiger partial charge in [0, 0.05) is 12.1 Å². The van der Waals surface area contributed by atoms with Gasteiger partial charge in [0.15, 0.2) is 6.61 Å². The maximum atomic E-state index is 11.5. The topological polar surface area (TPSA) is 69.7 Å². The van der Waals surface area contributed by atoms with Crippen LogP contribution in [-0.2, 0) is 13.9 Å². The molecule has 0 N–H and O–H groups in total. The van der Waals surface area contributed by atoms with E-state index in [1.54, 1.807) is 4.90 Å². The van der Waals surface area contributed by atoms with E-state index in [9.17, 15) is 14.3 Å². The third kappa shape index (κ3) is 4.65. The summed E-state index contributed by atoms with van der Waals surface area (Å²) in [6.07, 6.45) is 0. The lowest BCUT2D eigenvalue weighted by atomic mass is 10.2. The van der Waals surface area contributed by atoms with Crippen LogP contribution in [0.15, 0.2) is 0 Å². The summed E-state index contributed by atoms with van der Waals surface area (Å²) in [7, 11) is -2.94. The van der Waals surface area contributed by atoms with Crippen molar-refractivity contribution in [1.82, 2.24) is 4.90 Å². The summed E-state index contributed by atoms with van der Waals surface area (Å²) in [6.45, 7) is 7.07. The molecule has 1 atom stereocenters. The molecular formula is C8H16NO4P. The molecule has 0 spiro atoms. The van der Waals surface area contributed by atoms with E-state index in [4.69, 9.17) is 0 Å². The van der Waals surface area contributed by atoms with Crippen molar-refractivity contribution >= 4 is 14.2 Å². The lowest BCUT2D eigenvalue weighted by molar-refractivity contribution is -0.187. The predicted molar refractivity (Wildman–Crippen MR) is 50.7 cm³/mol. The zero-order chi connectivity index (χ0) is 11.3. The highest BCUT2D eigenvalue weighted by Crippen LogP contribution is 2.11. The molecule has 0 aromatic rings. The molecule has 0 rings (SSSR count). The molecule has 0 heterocycles. The number of carbonyl (C=O) groups excluding carboxylic acids is 1. The molecule has 0 saturated heterocycles. The quantitative estimate of drug-likeness (QED) is 0.639. The Morgan fingerprint density at radius 3 is 2.07 bits per heavy atom. The van der Waals surface area contributed by atoms with Crippen LogP contribution in [0, 0.1) is 0 Å². The van der Waals surface area contributed by atoms with Crippen LogP contribution < -0.4 is 4.89 Å². The minimum atomic E-state index is -2.94. The van der Waals surface area contributed by atoms with E-state index in [1.165, 1.54) is 0 Å². The van der Waals surface area contributed by atoms with Crippen LogP contribution in [0.3, 0.4) is 0 Å². The fourth-order valence-corrected chi connectivity index (χ4v) is 1.57. The minimum Gasteiger partial charge on any atom is -0.566 e. The average Bonchev–Trinajstić information content (AvgIpc) is 1.99. The van der Waals surface area contributed by atoms with E-state index in [-0.39, 0.29) is 18.0 Å². The van der Waals surface area contributed by atoms with Gasteiger partial charge in [-0.1, -0.05) is 0 Å². The van der Waals surface area contributed by atoms with Gasteiger partial charge in [-0.2, -0.15) is 0 Å². The molecule has 82 valence electrons. The van der Waals surface area contributed by atoms with E-state index < -0.39 is 14.9 Å². The Morgan fingerprint density at radius 2 is 1.79 bits per heavy atom. The molecule has 1 unspecified atom stereocenters. The highest BCUT2D eigenvalue weighted by molar-refractivity contribution is 7.30. The van der Waals surface area contributed by atoms with Gasteiger partial charge in [-0.15, -0.1) is 4.52 Å². The van der Waals surface area contributed by atoms with Crippen LogP contribution in [0.4, 0.5) is 0 Å². The van der Waals surface area contributed by atoms with Crippen LogP contribution in [0.25, 0.3) is 0 Å². The first-order valence-corrected chi connectivity index (χ1v) is 5.54. The standard InChI is InChI=1S/C8H16NO4P/c1-6(2)9(7(3)4)8(10)5-13-14(11)12/h6-7H,5H2,1-4H3. The largest absolute Gasteiger partial charge is 0.566 e. The number of nitrogens with zero attached hydrogens (tertiary/aromatic N) is 1. The summed E-state index contributed by atoms with van der Waals surface area (Å²) in [6, 6.07) is 0.0752. The van der Waals surface area contributed by atoms with Crippen LogP contribution in [0.5, 0.6) is 0 Å². The Morgan fingerprint density at radius 1 is 1.36 bits per heavy atom. The molecule has 0 aromatic heterocycles. The molecule has 0 fully saturated rings. The third-order valence-electron chi connectivity index (χ3n) is 1.69. The maximum Gasteiger partial charge on any atom is 0.488 e. The van der Waals surface area contributed by atoms with Gasteiger partial charge in [0.2, 0.25) is 0 Å². The second-order valence-electron chi connectivity index (χ2n) is 3.49. The third-order valence-corrected chi connectivity index (χ3v) is 2.03. The molecule has 0 aliphatic rings. The van der Waals surface area contributed by atoms with E-state index in [0.29, 0.717) is 0 Å². The molecule has 6 heteroatoms. The first-order chi connectivity index (χ1) is 6.36. The summed E-state index contributed by atoms with van der Waals surface area (Å²) in [5.74, 6) is -0.311. The molecule has 14 heavy (non-hydrogen) atoms. The minimum absolute atomic E-state index is 0.0376. The van der Waals surface area contributed by atoms with E-state index in [0.717, 1.165) is 0 Å². The van der Waals surface area contributed by atoms with Crippen molar-refractivity contribution in [2.45, 2.75) is 39.8 Å². The molecule has 0 bridgehead atoms. The number of amides is 1. The van der Waals surface area contributed by atoms with Crippen LogP contribution >= 0.6 is 8.25 Å². The molecule has 5 nitrogen and oxygen atoms in total. The summed E-state index contributed by atoms with van der Waals surface area (Å²) in [5.41, 5.74) is 0. The van der Waals surface area contributed by atoms with Gasteiger partial charge in [-0.3, -0.25) is 4.79 Å². The van der Waals surface area contributed by atoms with Crippen LogP contribution in [0.2, 0.25) is 0 Å². The molecule has 0 aliphatic carbocycles. The fourth-order valence-electron chi connectivity index (χ4n) is 1.35. The van der Waals surface area contributed by atoms with Crippen molar-refractivity contribution in [3.05, 3.63) is 0 Å². The van der Waals surface area contributed by atoms with E-state index >= 15 is 0 Å². The molecular weight excluding hydrogens is 205 g/mol. The van der Waals surface area contributed by atoms with Crippen molar-refractivity contribution in [2.24, 2.45) is 0 Å². The SMILES string of the molecule is CC(C)N(C(=O)CO[P+](=O)[O-])C(C)C. The number of rotatable bonds is 5. The fraction of sp³-hybridized carbons (Fsp3) is 0.875. The Balaban J connectivity index is 4.23. The van der Waals surface area contributed by atoms with Gasteiger partial charge in [-0.25, -0.2) is 0 Å². The van der Waals surface area contributed by atoms with Gasteiger partial charge in [-0.05, 0) is 32.3 Å².